The van der Waals surface area contributed by atoms with Gasteiger partial charge >= 0.3 is 24.3 Å². The largest absolute Gasteiger partial charge is 0.573 e. The van der Waals surface area contributed by atoms with E-state index in [0.717, 1.165) is 48.6 Å². The summed E-state index contributed by atoms with van der Waals surface area (Å²) in [6.45, 7) is 5.08. The fourth-order valence-electron chi connectivity index (χ4n) is 5.61. The van der Waals surface area contributed by atoms with Gasteiger partial charge in [-0.05, 0) is 89.8 Å². The number of alkyl halides is 5. The number of halogens is 5. The molecule has 280 valence electrons. The molecule has 0 bridgehead atoms. The van der Waals surface area contributed by atoms with Gasteiger partial charge in [-0.15, -0.1) is 13.2 Å². The summed E-state index contributed by atoms with van der Waals surface area (Å²) in [5.41, 5.74) is 2.93. The van der Waals surface area contributed by atoms with Crippen molar-refractivity contribution in [2.75, 3.05) is 23.0 Å². The number of hydrogen-bond acceptors (Lipinski definition) is 6. The molecule has 4 rings (SSSR count). The highest BCUT2D eigenvalue weighted by Gasteiger charge is 2.39. The Labute approximate surface area is 297 Å². The third-order valence-electron chi connectivity index (χ3n) is 8.59. The number of hydrogen-bond donors (Lipinski definition) is 3. The number of nitrogens with one attached hydrogen (secondary N) is 2. The Balaban J connectivity index is 1.62. The first-order chi connectivity index (χ1) is 24.0. The molecule has 10 nitrogen and oxygen atoms in total. The van der Waals surface area contributed by atoms with E-state index < -0.39 is 57.2 Å². The Bertz CT molecular complexity index is 1940. The number of sulfone groups is 1. The number of aliphatic carboxylic acids is 1. The van der Waals surface area contributed by atoms with Gasteiger partial charge in [-0.3, -0.25) is 9.69 Å². The van der Waals surface area contributed by atoms with Crippen molar-refractivity contribution in [1.29, 1.82) is 0 Å². The third-order valence-corrected chi connectivity index (χ3v) is 9.71. The number of carbonyl (C=O) groups excluding carboxylic acids is 2. The maximum atomic E-state index is 13.8. The Morgan fingerprint density at radius 2 is 1.58 bits per heavy atom. The summed E-state index contributed by atoms with van der Waals surface area (Å²) in [5, 5.41) is 13.0. The molecular weight excluding hydrogens is 713 g/mol. The molecule has 3 aromatic rings. The van der Waals surface area contributed by atoms with Crippen molar-refractivity contribution in [2.45, 2.75) is 63.8 Å². The molecule has 52 heavy (non-hydrogen) atoms. The Morgan fingerprint density at radius 3 is 2.10 bits per heavy atom. The minimum absolute atomic E-state index is 0.0609. The van der Waals surface area contributed by atoms with Crippen molar-refractivity contribution in [3.05, 3.63) is 89.5 Å². The molecule has 3 amide bonds. The van der Waals surface area contributed by atoms with Crippen LogP contribution in [0.4, 0.5) is 38.1 Å². The lowest BCUT2D eigenvalue weighted by Crippen LogP contribution is -2.42. The van der Waals surface area contributed by atoms with Crippen molar-refractivity contribution in [2.24, 2.45) is 11.3 Å². The summed E-state index contributed by atoms with van der Waals surface area (Å²) < 4.78 is 94.2. The predicted octanol–water partition coefficient (Wildman–Crippen LogP) is 7.91. The number of carboxylic acid groups (broad SMARTS) is 1. The lowest BCUT2D eigenvalue weighted by atomic mass is 9.72. The molecule has 0 aliphatic heterocycles. The van der Waals surface area contributed by atoms with Crippen molar-refractivity contribution in [1.82, 2.24) is 5.32 Å². The van der Waals surface area contributed by atoms with Gasteiger partial charge in [0, 0.05) is 23.2 Å². The smallest absolute Gasteiger partial charge is 0.477 e. The summed E-state index contributed by atoms with van der Waals surface area (Å²) in [7, 11) is -4.24. The number of anilines is 2. The molecule has 0 radical (unpaired) electrons. The van der Waals surface area contributed by atoms with Gasteiger partial charge < -0.3 is 20.5 Å². The summed E-state index contributed by atoms with van der Waals surface area (Å²) in [5.74, 6) is -7.95. The summed E-state index contributed by atoms with van der Waals surface area (Å²) in [6.07, 6.45) is 0.547. The summed E-state index contributed by atoms with van der Waals surface area (Å²) >= 11 is 0. The van der Waals surface area contributed by atoms with Crippen LogP contribution in [0.15, 0.2) is 77.7 Å². The average molecular weight is 752 g/mol. The van der Waals surface area contributed by atoms with Gasteiger partial charge in [0.05, 0.1) is 13.1 Å². The molecule has 1 unspecified atom stereocenters. The first kappa shape index (κ1) is 39.8. The van der Waals surface area contributed by atoms with Gasteiger partial charge in [-0.2, -0.15) is 8.78 Å². The van der Waals surface area contributed by atoms with Crippen LogP contribution in [0.1, 0.15) is 61.5 Å². The lowest BCUT2D eigenvalue weighted by Gasteiger charge is -2.33. The van der Waals surface area contributed by atoms with Crippen LogP contribution >= 0.6 is 0 Å². The van der Waals surface area contributed by atoms with E-state index >= 15 is 0 Å². The number of amides is 3. The SMILES string of the molecule is CC(C)(C)C1CC=C(c2ccc(N(Cc3ccc(C(=O)NCC(F)(F)C(=O)O)cc3)C(=O)Nc3ccc(OC(F)(F)F)c(S(C)(=O)=O)c3)cc2)CC1. The first-order valence-electron chi connectivity index (χ1n) is 16.0. The van der Waals surface area contributed by atoms with Gasteiger partial charge in [0.2, 0.25) is 0 Å². The zero-order chi connectivity index (χ0) is 38.6. The molecule has 0 saturated carbocycles. The highest BCUT2D eigenvalue weighted by molar-refractivity contribution is 7.90. The van der Waals surface area contributed by atoms with Crippen molar-refractivity contribution < 1.29 is 54.6 Å². The number of urea groups is 1. The van der Waals surface area contributed by atoms with Crippen molar-refractivity contribution >= 4 is 44.7 Å². The molecule has 3 N–H and O–H groups in total. The van der Waals surface area contributed by atoms with Crippen LogP contribution in [0.5, 0.6) is 5.75 Å². The highest BCUT2D eigenvalue weighted by atomic mass is 32.2. The van der Waals surface area contributed by atoms with E-state index in [9.17, 15) is 44.8 Å². The molecule has 1 aliphatic carbocycles. The molecule has 1 atom stereocenters. The maximum absolute atomic E-state index is 13.8. The van der Waals surface area contributed by atoms with E-state index in [2.05, 4.69) is 36.9 Å². The molecule has 0 heterocycles. The van der Waals surface area contributed by atoms with Crippen molar-refractivity contribution in [3.8, 4) is 5.75 Å². The second kappa shape index (κ2) is 15.3. The first-order valence-corrected chi connectivity index (χ1v) is 17.9. The Hall–Kier alpha value is -4.99. The van der Waals surface area contributed by atoms with Gasteiger partial charge in [-0.25, -0.2) is 18.0 Å². The Morgan fingerprint density at radius 1 is 0.942 bits per heavy atom. The lowest BCUT2D eigenvalue weighted by molar-refractivity contribution is -0.275. The van der Waals surface area contributed by atoms with Crippen LogP contribution in [0, 0.1) is 11.3 Å². The minimum atomic E-state index is -5.17. The highest BCUT2D eigenvalue weighted by Crippen LogP contribution is 2.40. The molecule has 0 saturated heterocycles. The van der Waals surface area contributed by atoms with Crippen LogP contribution in [0.2, 0.25) is 0 Å². The second-order valence-electron chi connectivity index (χ2n) is 13.5. The number of allylic oxidation sites excluding steroid dienone is 2. The topological polar surface area (TPSA) is 142 Å². The number of rotatable bonds is 11. The zero-order valence-corrected chi connectivity index (χ0v) is 29.5. The third kappa shape index (κ3) is 10.5. The monoisotopic (exact) mass is 751 g/mol. The van der Waals surface area contributed by atoms with Gasteiger partial charge in [-0.1, -0.05) is 51.1 Å². The molecule has 0 fully saturated rings. The Kier molecular flexibility index (Phi) is 11.7. The van der Waals surface area contributed by atoms with Gasteiger partial charge in [0.1, 0.15) is 10.6 Å². The number of benzene rings is 3. The molecule has 1 aliphatic rings. The molecule has 16 heteroatoms. The van der Waals surface area contributed by atoms with Crippen molar-refractivity contribution in [3.63, 3.8) is 0 Å². The van der Waals surface area contributed by atoms with E-state index in [1.54, 1.807) is 12.1 Å². The van der Waals surface area contributed by atoms with E-state index in [4.69, 9.17) is 5.11 Å². The molecule has 3 aromatic carbocycles. The molecular formula is C36H38F5N3O7S. The summed E-state index contributed by atoms with van der Waals surface area (Å²) in [4.78, 5) is 37.3. The summed E-state index contributed by atoms with van der Waals surface area (Å²) in [6, 6.07) is 14.5. The van der Waals surface area contributed by atoms with E-state index in [-0.39, 0.29) is 23.2 Å². The standard InChI is InChI=1S/C36H38F5N3O7S/c1-34(2,3)26-13-9-23(10-14-26)24-11-16-28(17-12-24)44(20-22-5-7-25(8-6-22)31(45)42-21-35(37,38)32(46)47)33(48)43-27-15-18-29(51-36(39,40)41)30(19-27)52(4,49)50/h5-9,11-12,15-19,26H,10,13-14,20-21H2,1-4H3,(H,42,45)(H,43,48)(H,46,47). The molecule has 0 spiro atoms. The van der Waals surface area contributed by atoms with Crippen LogP contribution in [0.25, 0.3) is 5.57 Å². The van der Waals surface area contributed by atoms with Gasteiger partial charge in [0.15, 0.2) is 9.84 Å². The predicted molar refractivity (Wildman–Crippen MR) is 184 cm³/mol. The van der Waals surface area contributed by atoms with Crippen LogP contribution in [0.3, 0.4) is 0 Å². The van der Waals surface area contributed by atoms with E-state index in [0.29, 0.717) is 23.4 Å². The van der Waals surface area contributed by atoms with Gasteiger partial charge in [0.25, 0.3) is 5.91 Å². The fourth-order valence-corrected chi connectivity index (χ4v) is 6.42. The number of carbonyl (C=O) groups is 3. The van der Waals surface area contributed by atoms with Crippen LogP contribution < -0.4 is 20.3 Å². The number of ether oxygens (including phenoxy) is 1. The quantitative estimate of drug-likeness (QED) is 0.169. The normalized spacial score (nSPS) is 15.3. The number of nitrogens with zero attached hydrogens (tertiary/aromatic N) is 1. The van der Waals surface area contributed by atoms with Crippen LogP contribution in [-0.4, -0.2) is 56.5 Å². The molecule has 0 aromatic heterocycles. The van der Waals surface area contributed by atoms with E-state index in [1.165, 1.54) is 29.2 Å². The second-order valence-corrected chi connectivity index (χ2v) is 15.5. The van der Waals surface area contributed by atoms with Crippen LogP contribution in [-0.2, 0) is 21.2 Å². The maximum Gasteiger partial charge on any atom is 0.573 e. The zero-order valence-electron chi connectivity index (χ0n) is 28.7. The average Bonchev–Trinajstić information content (AvgIpc) is 3.05. The van der Waals surface area contributed by atoms with E-state index in [1.807, 2.05) is 17.4 Å². The fraction of sp³-hybridized carbons (Fsp3) is 0.361. The number of carboxylic acids is 1. The minimum Gasteiger partial charge on any atom is -0.477 e.